The molecular weight excluding hydrogens is 282 g/mol. The number of carbonyl (C=O) groups is 1. The summed E-state index contributed by atoms with van der Waals surface area (Å²) in [5, 5.41) is 0. The van der Waals surface area contributed by atoms with Crippen molar-refractivity contribution in [3.05, 3.63) is 77.9 Å². The Morgan fingerprint density at radius 2 is 1.35 bits per heavy atom. The average molecular weight is 305 g/mol. The van der Waals surface area contributed by atoms with Gasteiger partial charge >= 0.3 is 0 Å². The molecule has 0 unspecified atom stereocenters. The number of nitrogens with zero attached hydrogens (tertiary/aromatic N) is 1. The van der Waals surface area contributed by atoms with Gasteiger partial charge in [-0.15, -0.1) is 0 Å². The Morgan fingerprint density at radius 1 is 0.826 bits per heavy atom. The molecule has 0 amide bonds. The van der Waals surface area contributed by atoms with E-state index < -0.39 is 0 Å². The minimum Gasteiger partial charge on any atom is -0.372 e. The molecule has 0 aromatic heterocycles. The maximum absolute atomic E-state index is 11.9. The van der Waals surface area contributed by atoms with Crippen LogP contribution in [-0.4, -0.2) is 18.9 Å². The molecule has 2 aromatic carbocycles. The fourth-order valence-electron chi connectivity index (χ4n) is 2.36. The van der Waals surface area contributed by atoms with Crippen LogP contribution in [-0.2, 0) is 4.79 Å². The van der Waals surface area contributed by atoms with Crippen LogP contribution >= 0.6 is 0 Å². The van der Waals surface area contributed by atoms with Gasteiger partial charge < -0.3 is 4.90 Å². The second kappa shape index (κ2) is 8.74. The molecule has 2 aromatic rings. The molecular formula is C21H23NO. The number of anilines is 1. The lowest BCUT2D eigenvalue weighted by Gasteiger charge is -2.20. The zero-order valence-electron chi connectivity index (χ0n) is 13.8. The van der Waals surface area contributed by atoms with Crippen LogP contribution in [0.2, 0.25) is 0 Å². The van der Waals surface area contributed by atoms with Crippen LogP contribution in [0.5, 0.6) is 0 Å². The summed E-state index contributed by atoms with van der Waals surface area (Å²) in [5.74, 6) is -0.0123. The van der Waals surface area contributed by atoms with E-state index in [0.29, 0.717) is 0 Å². The van der Waals surface area contributed by atoms with Gasteiger partial charge in [0.2, 0.25) is 0 Å². The van der Waals surface area contributed by atoms with Crippen LogP contribution in [0.25, 0.3) is 12.2 Å². The van der Waals surface area contributed by atoms with Crippen molar-refractivity contribution in [1.82, 2.24) is 0 Å². The molecule has 23 heavy (non-hydrogen) atoms. The van der Waals surface area contributed by atoms with Gasteiger partial charge in [0.25, 0.3) is 0 Å². The Balaban J connectivity index is 1.97. The highest BCUT2D eigenvalue weighted by Gasteiger charge is 2.00. The fourth-order valence-corrected chi connectivity index (χ4v) is 2.36. The summed E-state index contributed by atoms with van der Waals surface area (Å²) in [6.07, 6.45) is 6.88. The summed E-state index contributed by atoms with van der Waals surface area (Å²) < 4.78 is 0. The van der Waals surface area contributed by atoms with Gasteiger partial charge in [-0.1, -0.05) is 54.6 Å². The first-order valence-corrected chi connectivity index (χ1v) is 8.03. The van der Waals surface area contributed by atoms with Crippen molar-refractivity contribution in [2.24, 2.45) is 0 Å². The van der Waals surface area contributed by atoms with Gasteiger partial charge in [-0.25, -0.2) is 0 Å². The van der Waals surface area contributed by atoms with E-state index in [1.165, 1.54) is 5.69 Å². The number of rotatable bonds is 7. The number of allylic oxidation sites excluding steroid dienone is 2. The van der Waals surface area contributed by atoms with Crippen molar-refractivity contribution in [2.45, 2.75) is 13.8 Å². The van der Waals surface area contributed by atoms with E-state index in [9.17, 15) is 4.79 Å². The molecule has 0 aliphatic carbocycles. The Labute approximate surface area is 138 Å². The van der Waals surface area contributed by atoms with E-state index in [-0.39, 0.29) is 5.78 Å². The van der Waals surface area contributed by atoms with Crippen LogP contribution in [0.1, 0.15) is 25.0 Å². The Bertz CT molecular complexity index is 665. The molecule has 0 aliphatic rings. The van der Waals surface area contributed by atoms with Crippen LogP contribution < -0.4 is 4.90 Å². The van der Waals surface area contributed by atoms with Gasteiger partial charge in [0.1, 0.15) is 0 Å². The lowest BCUT2D eigenvalue weighted by Crippen LogP contribution is -2.21. The minimum absolute atomic E-state index is 0.0123. The maximum Gasteiger partial charge on any atom is 0.178 e. The summed E-state index contributed by atoms with van der Waals surface area (Å²) >= 11 is 0. The zero-order chi connectivity index (χ0) is 16.5. The van der Waals surface area contributed by atoms with Crippen LogP contribution in [0.3, 0.4) is 0 Å². The third-order valence-electron chi connectivity index (χ3n) is 3.70. The van der Waals surface area contributed by atoms with E-state index in [1.54, 1.807) is 12.2 Å². The highest BCUT2D eigenvalue weighted by Crippen LogP contribution is 2.15. The molecule has 2 heteroatoms. The molecule has 0 atom stereocenters. The quantitative estimate of drug-likeness (QED) is 0.683. The van der Waals surface area contributed by atoms with Crippen molar-refractivity contribution < 1.29 is 4.79 Å². The average Bonchev–Trinajstić information content (AvgIpc) is 2.61. The van der Waals surface area contributed by atoms with E-state index in [2.05, 4.69) is 30.9 Å². The zero-order valence-corrected chi connectivity index (χ0v) is 13.8. The number of hydrogen-bond donors (Lipinski definition) is 0. The first-order valence-electron chi connectivity index (χ1n) is 8.03. The van der Waals surface area contributed by atoms with Crippen LogP contribution in [0.15, 0.2) is 66.7 Å². The summed E-state index contributed by atoms with van der Waals surface area (Å²) in [6.45, 7) is 6.28. The van der Waals surface area contributed by atoms with E-state index in [1.807, 2.05) is 54.6 Å². The molecule has 2 nitrogen and oxygen atoms in total. The van der Waals surface area contributed by atoms with E-state index >= 15 is 0 Å². The van der Waals surface area contributed by atoms with Gasteiger partial charge in [0, 0.05) is 18.8 Å². The number of benzene rings is 2. The summed E-state index contributed by atoms with van der Waals surface area (Å²) in [6, 6.07) is 18.1. The molecule has 0 fully saturated rings. The first kappa shape index (κ1) is 16.8. The lowest BCUT2D eigenvalue weighted by molar-refractivity contribution is -0.110. The topological polar surface area (TPSA) is 20.3 Å². The van der Waals surface area contributed by atoms with E-state index in [4.69, 9.17) is 0 Å². The fraction of sp³-hybridized carbons (Fsp3) is 0.190. The SMILES string of the molecule is CCN(CC)c1ccc(/C=C\C(=O)/C=C\c2ccccc2)cc1. The predicted octanol–water partition coefficient (Wildman–Crippen LogP) is 4.83. The Kier molecular flexibility index (Phi) is 6.37. The van der Waals surface area contributed by atoms with Crippen LogP contribution in [0.4, 0.5) is 5.69 Å². The normalized spacial score (nSPS) is 11.2. The molecule has 0 saturated heterocycles. The number of ketones is 1. The Hall–Kier alpha value is -2.61. The predicted molar refractivity (Wildman–Crippen MR) is 99.5 cm³/mol. The molecule has 0 spiro atoms. The third-order valence-corrected chi connectivity index (χ3v) is 3.70. The molecule has 2 rings (SSSR count). The van der Waals surface area contributed by atoms with Crippen molar-refractivity contribution in [1.29, 1.82) is 0 Å². The van der Waals surface area contributed by atoms with Gasteiger partial charge in [-0.05, 0) is 49.3 Å². The molecule has 0 radical (unpaired) electrons. The van der Waals surface area contributed by atoms with Crippen molar-refractivity contribution in [3.63, 3.8) is 0 Å². The summed E-state index contributed by atoms with van der Waals surface area (Å²) in [7, 11) is 0. The van der Waals surface area contributed by atoms with E-state index in [0.717, 1.165) is 24.2 Å². The monoisotopic (exact) mass is 305 g/mol. The molecule has 0 bridgehead atoms. The summed E-state index contributed by atoms with van der Waals surface area (Å²) in [4.78, 5) is 14.2. The second-order valence-corrected chi connectivity index (χ2v) is 5.24. The van der Waals surface area contributed by atoms with Crippen molar-refractivity contribution in [3.8, 4) is 0 Å². The Morgan fingerprint density at radius 3 is 1.87 bits per heavy atom. The number of carbonyl (C=O) groups excluding carboxylic acids is 1. The molecule has 0 N–H and O–H groups in total. The van der Waals surface area contributed by atoms with Gasteiger partial charge in [-0.3, -0.25) is 4.79 Å². The van der Waals surface area contributed by atoms with Crippen molar-refractivity contribution >= 4 is 23.6 Å². The molecule has 0 heterocycles. The van der Waals surface area contributed by atoms with Crippen LogP contribution in [0, 0.1) is 0 Å². The van der Waals surface area contributed by atoms with Gasteiger partial charge in [-0.2, -0.15) is 0 Å². The molecule has 0 saturated carbocycles. The summed E-state index contributed by atoms with van der Waals surface area (Å²) in [5.41, 5.74) is 3.27. The highest BCUT2D eigenvalue weighted by atomic mass is 16.1. The highest BCUT2D eigenvalue weighted by molar-refractivity contribution is 6.04. The molecule has 118 valence electrons. The van der Waals surface area contributed by atoms with Crippen molar-refractivity contribution in [2.75, 3.05) is 18.0 Å². The maximum atomic E-state index is 11.9. The lowest BCUT2D eigenvalue weighted by atomic mass is 10.1. The van der Waals surface area contributed by atoms with Gasteiger partial charge in [0.05, 0.1) is 0 Å². The molecule has 0 aliphatic heterocycles. The van der Waals surface area contributed by atoms with Gasteiger partial charge in [0.15, 0.2) is 5.78 Å². The number of hydrogen-bond acceptors (Lipinski definition) is 2. The smallest absolute Gasteiger partial charge is 0.178 e. The second-order valence-electron chi connectivity index (χ2n) is 5.24. The minimum atomic E-state index is -0.0123. The standard InChI is InChI=1S/C21H23NO/c1-3-22(4-2)20-14-10-19(11-15-20)13-17-21(23)16-12-18-8-6-5-7-9-18/h5-17H,3-4H2,1-2H3/b16-12-,17-13-. The first-order chi connectivity index (χ1) is 11.2. The largest absolute Gasteiger partial charge is 0.372 e. The third kappa shape index (κ3) is 5.26.